The van der Waals surface area contributed by atoms with Crippen molar-refractivity contribution in [2.75, 3.05) is 6.61 Å². The molecule has 1 atom stereocenters. The molecule has 0 aromatic heterocycles. The minimum absolute atomic E-state index is 0.0190. The Morgan fingerprint density at radius 1 is 1.70 bits per heavy atom. The highest BCUT2D eigenvalue weighted by molar-refractivity contribution is 14.1. The molecule has 60 valence electrons. The van der Waals surface area contributed by atoms with Crippen molar-refractivity contribution in [1.82, 2.24) is 0 Å². The van der Waals surface area contributed by atoms with E-state index in [1.165, 1.54) is 0 Å². The Kier molecular flexibility index (Phi) is 6.06. The van der Waals surface area contributed by atoms with Gasteiger partial charge in [-0.15, -0.1) is 0 Å². The summed E-state index contributed by atoms with van der Waals surface area (Å²) in [5, 5.41) is 0. The number of halogens is 1. The van der Waals surface area contributed by atoms with Crippen LogP contribution in [0.5, 0.6) is 0 Å². The number of hydrogen-bond acceptors (Lipinski definition) is 2. The Morgan fingerprint density at radius 3 is 2.70 bits per heavy atom. The lowest BCUT2D eigenvalue weighted by molar-refractivity contribution is -0.142. The summed E-state index contributed by atoms with van der Waals surface area (Å²) in [5.41, 5.74) is 0. The van der Waals surface area contributed by atoms with E-state index in [0.29, 0.717) is 6.61 Å². The number of carbonyl (C=O) groups is 1. The summed E-state index contributed by atoms with van der Waals surface area (Å²) in [6, 6.07) is 0. The van der Waals surface area contributed by atoms with Gasteiger partial charge in [-0.1, -0.05) is 35.9 Å². The average molecular weight is 256 g/mol. The molecule has 0 rings (SSSR count). The largest absolute Gasteiger partial charge is 0.465 e. The number of esters is 1. The van der Waals surface area contributed by atoms with E-state index in [0.717, 1.165) is 12.8 Å². The molecule has 0 amide bonds. The minimum Gasteiger partial charge on any atom is -0.465 e. The maximum absolute atomic E-state index is 10.8. The molecule has 0 saturated heterocycles. The third-order valence-corrected chi connectivity index (χ3v) is 1.58. The SMILES string of the molecule is CCCCOC(=O)C(C)I. The van der Waals surface area contributed by atoms with Gasteiger partial charge in [-0.3, -0.25) is 4.79 Å². The van der Waals surface area contributed by atoms with Gasteiger partial charge >= 0.3 is 5.97 Å². The average Bonchev–Trinajstić information content (AvgIpc) is 1.88. The summed E-state index contributed by atoms with van der Waals surface area (Å²) in [7, 11) is 0. The number of carbonyl (C=O) groups excluding carboxylic acids is 1. The van der Waals surface area contributed by atoms with Gasteiger partial charge in [0.1, 0.15) is 3.92 Å². The highest BCUT2D eigenvalue weighted by Crippen LogP contribution is 2.01. The molecular formula is C7H13IO2. The molecule has 2 nitrogen and oxygen atoms in total. The second-order valence-electron chi connectivity index (χ2n) is 2.14. The second-order valence-corrected chi connectivity index (χ2v) is 4.01. The first-order chi connectivity index (χ1) is 4.68. The Bertz CT molecular complexity index is 102. The van der Waals surface area contributed by atoms with E-state index in [4.69, 9.17) is 4.74 Å². The molecule has 0 saturated carbocycles. The number of rotatable bonds is 4. The maximum Gasteiger partial charge on any atom is 0.318 e. The van der Waals surface area contributed by atoms with Crippen LogP contribution in [0.25, 0.3) is 0 Å². The molecule has 0 bridgehead atoms. The van der Waals surface area contributed by atoms with E-state index >= 15 is 0 Å². The third kappa shape index (κ3) is 5.02. The summed E-state index contributed by atoms with van der Waals surface area (Å²) >= 11 is 2.05. The van der Waals surface area contributed by atoms with Crippen molar-refractivity contribution >= 4 is 28.6 Å². The fraction of sp³-hybridized carbons (Fsp3) is 0.857. The van der Waals surface area contributed by atoms with Crippen molar-refractivity contribution in [3.8, 4) is 0 Å². The Morgan fingerprint density at radius 2 is 2.30 bits per heavy atom. The number of unbranched alkanes of at least 4 members (excludes halogenated alkanes) is 1. The zero-order valence-electron chi connectivity index (χ0n) is 6.39. The van der Waals surface area contributed by atoms with Crippen molar-refractivity contribution in [3.63, 3.8) is 0 Å². The van der Waals surface area contributed by atoms with Crippen LogP contribution in [-0.4, -0.2) is 16.5 Å². The molecule has 0 aromatic carbocycles. The van der Waals surface area contributed by atoms with E-state index in [1.807, 2.05) is 29.5 Å². The normalized spacial score (nSPS) is 12.7. The van der Waals surface area contributed by atoms with Crippen LogP contribution in [0.2, 0.25) is 0 Å². The number of hydrogen-bond donors (Lipinski definition) is 0. The van der Waals surface area contributed by atoms with Crippen LogP contribution in [0.15, 0.2) is 0 Å². The topological polar surface area (TPSA) is 26.3 Å². The maximum atomic E-state index is 10.8. The molecule has 1 unspecified atom stereocenters. The molecule has 0 aromatic rings. The summed E-state index contributed by atoms with van der Waals surface area (Å²) < 4.78 is 4.88. The van der Waals surface area contributed by atoms with Crippen LogP contribution in [0.1, 0.15) is 26.7 Å². The molecule has 10 heavy (non-hydrogen) atoms. The van der Waals surface area contributed by atoms with E-state index in [2.05, 4.69) is 6.92 Å². The zero-order chi connectivity index (χ0) is 7.98. The van der Waals surface area contributed by atoms with Gasteiger partial charge in [-0.05, 0) is 13.3 Å². The van der Waals surface area contributed by atoms with Crippen molar-refractivity contribution in [3.05, 3.63) is 0 Å². The predicted octanol–water partition coefficient (Wildman–Crippen LogP) is 2.15. The van der Waals surface area contributed by atoms with Gasteiger partial charge in [-0.2, -0.15) is 0 Å². The van der Waals surface area contributed by atoms with Crippen LogP contribution in [0, 0.1) is 0 Å². The van der Waals surface area contributed by atoms with Gasteiger partial charge in [0.2, 0.25) is 0 Å². The van der Waals surface area contributed by atoms with Gasteiger partial charge in [-0.25, -0.2) is 0 Å². The monoisotopic (exact) mass is 256 g/mol. The lowest BCUT2D eigenvalue weighted by Gasteiger charge is -2.03. The standard InChI is InChI=1S/C7H13IO2/c1-3-4-5-10-7(9)6(2)8/h6H,3-5H2,1-2H3. The Hall–Kier alpha value is 0.200. The summed E-state index contributed by atoms with van der Waals surface area (Å²) in [6.07, 6.45) is 2.04. The Labute approximate surface area is 75.5 Å². The molecule has 0 aliphatic heterocycles. The minimum atomic E-state index is -0.103. The van der Waals surface area contributed by atoms with E-state index < -0.39 is 0 Å². The highest BCUT2D eigenvalue weighted by atomic mass is 127. The van der Waals surface area contributed by atoms with Gasteiger partial charge < -0.3 is 4.74 Å². The summed E-state index contributed by atoms with van der Waals surface area (Å²) in [4.78, 5) is 10.8. The van der Waals surface area contributed by atoms with Crippen LogP contribution in [-0.2, 0) is 9.53 Å². The lowest BCUT2D eigenvalue weighted by Crippen LogP contribution is -2.14. The van der Waals surface area contributed by atoms with Gasteiger partial charge in [0.05, 0.1) is 6.61 Å². The molecule has 3 heteroatoms. The smallest absolute Gasteiger partial charge is 0.318 e. The van der Waals surface area contributed by atoms with Crippen LogP contribution >= 0.6 is 22.6 Å². The lowest BCUT2D eigenvalue weighted by atomic mass is 10.4. The first-order valence-corrected chi connectivity index (χ1v) is 4.73. The van der Waals surface area contributed by atoms with Crippen molar-refractivity contribution < 1.29 is 9.53 Å². The zero-order valence-corrected chi connectivity index (χ0v) is 8.55. The summed E-state index contributed by atoms with van der Waals surface area (Å²) in [5.74, 6) is -0.103. The Balaban J connectivity index is 3.22. The first kappa shape index (κ1) is 10.2. The van der Waals surface area contributed by atoms with Crippen molar-refractivity contribution in [2.24, 2.45) is 0 Å². The van der Waals surface area contributed by atoms with Crippen molar-refractivity contribution in [1.29, 1.82) is 0 Å². The van der Waals surface area contributed by atoms with E-state index in [9.17, 15) is 4.79 Å². The molecule has 0 heterocycles. The van der Waals surface area contributed by atoms with Crippen LogP contribution < -0.4 is 0 Å². The second kappa shape index (κ2) is 5.95. The number of alkyl halides is 1. The fourth-order valence-corrected chi connectivity index (χ4v) is 0.612. The quantitative estimate of drug-likeness (QED) is 0.333. The van der Waals surface area contributed by atoms with Gasteiger partial charge in [0.25, 0.3) is 0 Å². The van der Waals surface area contributed by atoms with Crippen LogP contribution in [0.4, 0.5) is 0 Å². The molecule has 0 radical (unpaired) electrons. The predicted molar refractivity (Wildman–Crippen MR) is 49.3 cm³/mol. The van der Waals surface area contributed by atoms with Crippen LogP contribution in [0.3, 0.4) is 0 Å². The molecular weight excluding hydrogens is 243 g/mol. The van der Waals surface area contributed by atoms with E-state index in [1.54, 1.807) is 0 Å². The van der Waals surface area contributed by atoms with Gasteiger partial charge in [0, 0.05) is 0 Å². The highest BCUT2D eigenvalue weighted by Gasteiger charge is 2.08. The number of ether oxygens (including phenoxy) is 1. The fourth-order valence-electron chi connectivity index (χ4n) is 0.432. The summed E-state index contributed by atoms with van der Waals surface area (Å²) in [6.45, 7) is 4.47. The molecule has 0 aliphatic rings. The molecule has 0 aliphatic carbocycles. The molecule has 0 fully saturated rings. The molecule has 0 N–H and O–H groups in total. The first-order valence-electron chi connectivity index (χ1n) is 3.49. The van der Waals surface area contributed by atoms with Crippen molar-refractivity contribution in [2.45, 2.75) is 30.6 Å². The van der Waals surface area contributed by atoms with E-state index in [-0.39, 0.29) is 9.89 Å². The van der Waals surface area contributed by atoms with Gasteiger partial charge in [0.15, 0.2) is 0 Å². The third-order valence-electron chi connectivity index (χ3n) is 1.07. The molecule has 0 spiro atoms.